The Morgan fingerprint density at radius 2 is 1.69 bits per heavy atom. The SMILES string of the molecule is C#Cc1c2c(c(C)c3c1OC(C)(C14CCC(N(C)C)(CC1)CC4)O3)C(=O)N(Cc1c(C)cc(C)[nH]c1=O)CC2. The van der Waals surface area contributed by atoms with Crippen molar-refractivity contribution >= 4 is 5.91 Å². The summed E-state index contributed by atoms with van der Waals surface area (Å²) >= 11 is 0. The van der Waals surface area contributed by atoms with Gasteiger partial charge in [-0.05, 0) is 97.0 Å². The fourth-order valence-corrected chi connectivity index (χ4v) is 7.87. The van der Waals surface area contributed by atoms with E-state index in [0.29, 0.717) is 41.2 Å². The van der Waals surface area contributed by atoms with E-state index in [9.17, 15) is 9.59 Å². The maximum Gasteiger partial charge on any atom is 0.254 e. The van der Waals surface area contributed by atoms with Crippen LogP contribution < -0.4 is 15.0 Å². The van der Waals surface area contributed by atoms with Crippen LogP contribution in [-0.2, 0) is 13.0 Å². The van der Waals surface area contributed by atoms with Crippen LogP contribution in [0.5, 0.6) is 11.5 Å². The van der Waals surface area contributed by atoms with Crippen molar-refractivity contribution in [2.24, 2.45) is 5.41 Å². The molecular formula is C32H39N3O4. The number of amides is 1. The molecule has 3 aliphatic carbocycles. The van der Waals surface area contributed by atoms with Crippen LogP contribution in [0.3, 0.4) is 0 Å². The van der Waals surface area contributed by atoms with E-state index in [1.165, 1.54) is 0 Å². The number of ether oxygens (including phenoxy) is 2. The number of H-pyrrole nitrogens is 1. The molecule has 2 aliphatic heterocycles. The second kappa shape index (κ2) is 8.63. The van der Waals surface area contributed by atoms with Crippen LogP contribution in [0.1, 0.15) is 89.3 Å². The Balaban J connectivity index is 1.35. The van der Waals surface area contributed by atoms with Crippen molar-refractivity contribution in [1.82, 2.24) is 14.8 Å². The van der Waals surface area contributed by atoms with Crippen LogP contribution >= 0.6 is 0 Å². The standard InChI is InChI=1S/C32H39N3O4/c1-8-22-23-9-16-35(18-24-19(2)17-20(3)33-28(24)36)29(37)25(23)21(4)26-27(22)39-30(5,38-26)31-10-13-32(14-11-31,15-12-31)34(6)7/h1,17H,9-16,18H2,2-7H3,(H,33,36). The topological polar surface area (TPSA) is 74.9 Å². The van der Waals surface area contributed by atoms with Crippen LogP contribution in [-0.4, -0.2) is 52.7 Å². The Morgan fingerprint density at radius 3 is 2.28 bits per heavy atom. The van der Waals surface area contributed by atoms with E-state index in [1.54, 1.807) is 4.90 Å². The van der Waals surface area contributed by atoms with Crippen molar-refractivity contribution in [2.75, 3.05) is 20.6 Å². The first kappa shape index (κ1) is 26.0. The Morgan fingerprint density at radius 1 is 1.05 bits per heavy atom. The molecule has 206 valence electrons. The minimum Gasteiger partial charge on any atom is -0.448 e. The number of nitrogens with zero attached hydrogens (tertiary/aromatic N) is 2. The maximum atomic E-state index is 13.9. The second-order valence-electron chi connectivity index (χ2n) is 12.6. The van der Waals surface area contributed by atoms with E-state index in [1.807, 2.05) is 26.8 Å². The van der Waals surface area contributed by atoms with Crippen LogP contribution in [0.15, 0.2) is 10.9 Å². The van der Waals surface area contributed by atoms with E-state index < -0.39 is 5.79 Å². The molecule has 0 radical (unpaired) electrons. The smallest absolute Gasteiger partial charge is 0.254 e. The lowest BCUT2D eigenvalue weighted by molar-refractivity contribution is -0.211. The lowest BCUT2D eigenvalue weighted by Crippen LogP contribution is -2.62. The predicted molar refractivity (Wildman–Crippen MR) is 150 cm³/mol. The van der Waals surface area contributed by atoms with Crippen LogP contribution in [0, 0.1) is 38.5 Å². The fourth-order valence-electron chi connectivity index (χ4n) is 7.87. The number of terminal acetylenes is 1. The number of aromatic nitrogens is 1. The normalized spacial score (nSPS) is 29.1. The highest BCUT2D eigenvalue weighted by molar-refractivity contribution is 6.00. The number of pyridine rings is 1. The molecule has 3 saturated carbocycles. The molecule has 7 nitrogen and oxygen atoms in total. The first-order valence-electron chi connectivity index (χ1n) is 14.1. The monoisotopic (exact) mass is 529 g/mol. The van der Waals surface area contributed by atoms with Gasteiger partial charge in [-0.15, -0.1) is 6.42 Å². The number of fused-ring (bicyclic) bond motifs is 5. The summed E-state index contributed by atoms with van der Waals surface area (Å²) in [5, 5.41) is 0. The number of aryl methyl sites for hydroxylation is 2. The van der Waals surface area contributed by atoms with Crippen LogP contribution in [0.4, 0.5) is 0 Å². The van der Waals surface area contributed by atoms with Gasteiger partial charge >= 0.3 is 0 Å². The molecule has 1 N–H and O–H groups in total. The molecule has 2 aromatic rings. The van der Waals surface area contributed by atoms with Gasteiger partial charge in [-0.2, -0.15) is 0 Å². The molecule has 2 bridgehead atoms. The van der Waals surface area contributed by atoms with Gasteiger partial charge in [0, 0.05) is 41.2 Å². The molecule has 1 aromatic carbocycles. The third-order valence-corrected chi connectivity index (χ3v) is 10.6. The van der Waals surface area contributed by atoms with Gasteiger partial charge in [-0.1, -0.05) is 5.92 Å². The van der Waals surface area contributed by atoms with Crippen molar-refractivity contribution in [2.45, 2.75) is 90.5 Å². The molecule has 0 saturated heterocycles. The summed E-state index contributed by atoms with van der Waals surface area (Å²) in [7, 11) is 4.39. The maximum absolute atomic E-state index is 13.9. The number of rotatable bonds is 4. The van der Waals surface area contributed by atoms with Gasteiger partial charge in [0.15, 0.2) is 11.5 Å². The molecule has 1 amide bonds. The van der Waals surface area contributed by atoms with Crippen LogP contribution in [0.25, 0.3) is 0 Å². The molecule has 3 heterocycles. The average molecular weight is 530 g/mol. The summed E-state index contributed by atoms with van der Waals surface area (Å²) in [6, 6.07) is 1.94. The van der Waals surface area contributed by atoms with E-state index >= 15 is 0 Å². The Labute approximate surface area is 230 Å². The highest BCUT2D eigenvalue weighted by Crippen LogP contribution is 2.63. The first-order valence-corrected chi connectivity index (χ1v) is 14.1. The summed E-state index contributed by atoms with van der Waals surface area (Å²) < 4.78 is 13.5. The number of hydrogen-bond acceptors (Lipinski definition) is 5. The van der Waals surface area contributed by atoms with E-state index in [2.05, 4.69) is 36.8 Å². The minimum atomic E-state index is -0.830. The Bertz CT molecular complexity index is 1470. The summed E-state index contributed by atoms with van der Waals surface area (Å²) in [5.74, 6) is 3.13. The van der Waals surface area contributed by atoms with Crippen molar-refractivity contribution in [3.8, 4) is 23.8 Å². The molecule has 0 spiro atoms. The fraction of sp³-hybridized carbons (Fsp3) is 0.562. The van der Waals surface area contributed by atoms with Gasteiger partial charge in [0.25, 0.3) is 17.3 Å². The molecule has 7 rings (SSSR count). The summed E-state index contributed by atoms with van der Waals surface area (Å²) in [6.45, 7) is 8.53. The zero-order valence-electron chi connectivity index (χ0n) is 24.0. The minimum absolute atomic E-state index is 0.0946. The average Bonchev–Trinajstić information content (AvgIpc) is 3.28. The number of hydrogen-bond donors (Lipinski definition) is 1. The van der Waals surface area contributed by atoms with Crippen molar-refractivity contribution < 1.29 is 14.3 Å². The number of carbonyl (C=O) groups is 1. The molecule has 39 heavy (non-hydrogen) atoms. The highest BCUT2D eigenvalue weighted by Gasteiger charge is 2.62. The molecular weight excluding hydrogens is 490 g/mol. The third kappa shape index (κ3) is 3.60. The van der Waals surface area contributed by atoms with Crippen molar-refractivity contribution in [3.63, 3.8) is 0 Å². The third-order valence-electron chi connectivity index (χ3n) is 10.6. The van der Waals surface area contributed by atoms with Gasteiger partial charge in [-0.25, -0.2) is 0 Å². The van der Waals surface area contributed by atoms with Gasteiger partial charge in [0.1, 0.15) is 0 Å². The largest absolute Gasteiger partial charge is 0.448 e. The van der Waals surface area contributed by atoms with Crippen molar-refractivity contribution in [3.05, 3.63) is 55.5 Å². The number of benzene rings is 1. The Hall–Kier alpha value is -3.24. The van der Waals surface area contributed by atoms with Crippen molar-refractivity contribution in [1.29, 1.82) is 0 Å². The number of carbonyl (C=O) groups excluding carboxylic acids is 1. The molecule has 1 atom stereocenters. The molecule has 5 aliphatic rings. The summed E-state index contributed by atoms with van der Waals surface area (Å²) in [6.07, 6.45) is 13.2. The lowest BCUT2D eigenvalue weighted by Gasteiger charge is -2.59. The molecule has 1 unspecified atom stereocenters. The lowest BCUT2D eigenvalue weighted by atomic mass is 9.54. The predicted octanol–water partition coefficient (Wildman–Crippen LogP) is 4.62. The van der Waals surface area contributed by atoms with E-state index in [4.69, 9.17) is 15.9 Å². The Kier molecular flexibility index (Phi) is 5.75. The quantitative estimate of drug-likeness (QED) is 0.585. The van der Waals surface area contributed by atoms with Gasteiger partial charge in [-0.3, -0.25) is 9.59 Å². The highest BCUT2D eigenvalue weighted by atomic mass is 16.7. The second-order valence-corrected chi connectivity index (χ2v) is 12.6. The van der Waals surface area contributed by atoms with Gasteiger partial charge in [0.05, 0.1) is 17.7 Å². The van der Waals surface area contributed by atoms with E-state index in [-0.39, 0.29) is 29.0 Å². The zero-order chi connectivity index (χ0) is 27.9. The molecule has 7 heteroatoms. The number of nitrogens with one attached hydrogen (secondary N) is 1. The number of aromatic amines is 1. The summed E-state index contributed by atoms with van der Waals surface area (Å²) in [5.41, 5.74) is 5.20. The van der Waals surface area contributed by atoms with Gasteiger partial charge in [0.2, 0.25) is 0 Å². The zero-order valence-corrected chi connectivity index (χ0v) is 24.0. The van der Waals surface area contributed by atoms with Crippen LogP contribution in [0.2, 0.25) is 0 Å². The first-order chi connectivity index (χ1) is 18.4. The summed E-state index contributed by atoms with van der Waals surface area (Å²) in [4.78, 5) is 33.6. The molecule has 3 fully saturated rings. The van der Waals surface area contributed by atoms with E-state index in [0.717, 1.165) is 60.9 Å². The molecule has 1 aromatic heterocycles. The van der Waals surface area contributed by atoms with Gasteiger partial charge < -0.3 is 24.3 Å².